The topological polar surface area (TPSA) is 69.6 Å². The lowest BCUT2D eigenvalue weighted by atomic mass is 9.96. The van der Waals surface area contributed by atoms with Crippen LogP contribution in [0.15, 0.2) is 40.5 Å². The summed E-state index contributed by atoms with van der Waals surface area (Å²) in [5, 5.41) is 14.4. The van der Waals surface area contributed by atoms with Gasteiger partial charge in [-0.1, -0.05) is 67.0 Å². The molecule has 0 fully saturated rings. The minimum atomic E-state index is -0.159. The third-order valence-electron chi connectivity index (χ3n) is 3.66. The molecule has 0 N–H and O–H groups in total. The number of benzene rings is 1. The molecule has 0 saturated heterocycles. The fourth-order valence-corrected chi connectivity index (χ4v) is 3.58. The summed E-state index contributed by atoms with van der Waals surface area (Å²) in [6.45, 7) is 10.5. The Labute approximate surface area is 172 Å². The highest BCUT2D eigenvalue weighted by atomic mass is 35.5. The van der Waals surface area contributed by atoms with Crippen molar-refractivity contribution in [2.45, 2.75) is 43.6 Å². The molecule has 3 aromatic rings. The van der Waals surface area contributed by atoms with Crippen LogP contribution in [0.3, 0.4) is 0 Å². The summed E-state index contributed by atoms with van der Waals surface area (Å²) in [6.07, 6.45) is 1.78. The van der Waals surface area contributed by atoms with Gasteiger partial charge in [0.05, 0.1) is 10.8 Å². The first-order chi connectivity index (χ1) is 12.8. The van der Waals surface area contributed by atoms with Gasteiger partial charge in [-0.2, -0.15) is 4.98 Å². The van der Waals surface area contributed by atoms with E-state index in [2.05, 4.69) is 26.9 Å². The lowest BCUT2D eigenvalue weighted by molar-refractivity contribution is 0.372. The van der Waals surface area contributed by atoms with Crippen molar-refractivity contribution in [3.8, 4) is 11.4 Å². The fraction of sp³-hybridized carbons (Fsp3) is 0.333. The normalized spacial score (nSPS) is 11.7. The van der Waals surface area contributed by atoms with Crippen LogP contribution in [0, 0.1) is 0 Å². The maximum absolute atomic E-state index is 6.33. The zero-order valence-electron chi connectivity index (χ0n) is 15.2. The number of thioether (sulfide) groups is 1. The van der Waals surface area contributed by atoms with E-state index in [-0.39, 0.29) is 5.41 Å². The molecule has 1 aromatic carbocycles. The molecule has 0 aliphatic rings. The van der Waals surface area contributed by atoms with Crippen LogP contribution < -0.4 is 0 Å². The number of hydrogen-bond donors (Lipinski definition) is 0. The summed E-state index contributed by atoms with van der Waals surface area (Å²) in [5.41, 5.74) is 0.600. The first kappa shape index (κ1) is 19.9. The Balaban J connectivity index is 1.85. The van der Waals surface area contributed by atoms with Gasteiger partial charge in [0.15, 0.2) is 16.8 Å². The largest absolute Gasteiger partial charge is 0.338 e. The molecular weight excluding hydrogens is 405 g/mol. The third-order valence-corrected chi connectivity index (χ3v) is 5.16. The van der Waals surface area contributed by atoms with Crippen LogP contribution in [-0.4, -0.2) is 24.9 Å². The van der Waals surface area contributed by atoms with Gasteiger partial charge in [0.2, 0.25) is 5.89 Å². The van der Waals surface area contributed by atoms with Gasteiger partial charge in [-0.05, 0) is 18.2 Å². The van der Waals surface area contributed by atoms with Gasteiger partial charge in [0, 0.05) is 22.5 Å². The molecule has 27 heavy (non-hydrogen) atoms. The number of nitrogens with zero attached hydrogens (tertiary/aromatic N) is 5. The molecule has 0 radical (unpaired) electrons. The quantitative estimate of drug-likeness (QED) is 0.389. The van der Waals surface area contributed by atoms with Gasteiger partial charge >= 0.3 is 0 Å². The highest BCUT2D eigenvalue weighted by Gasteiger charge is 2.22. The van der Waals surface area contributed by atoms with E-state index in [0.29, 0.717) is 45.0 Å². The Bertz CT molecular complexity index is 961. The molecular formula is C18H19Cl2N5OS. The summed E-state index contributed by atoms with van der Waals surface area (Å²) in [5.74, 6) is 2.37. The average molecular weight is 424 g/mol. The second-order valence-electron chi connectivity index (χ2n) is 6.88. The van der Waals surface area contributed by atoms with Crippen molar-refractivity contribution >= 4 is 35.0 Å². The Morgan fingerprint density at radius 3 is 2.67 bits per heavy atom. The predicted octanol–water partition coefficient (Wildman–Crippen LogP) is 5.41. The Morgan fingerprint density at radius 2 is 2.04 bits per heavy atom. The average Bonchev–Trinajstić information content (AvgIpc) is 3.21. The molecule has 0 atom stereocenters. The van der Waals surface area contributed by atoms with E-state index in [9.17, 15) is 0 Å². The van der Waals surface area contributed by atoms with Crippen LogP contribution in [-0.2, 0) is 17.7 Å². The Kier molecular flexibility index (Phi) is 5.93. The Morgan fingerprint density at radius 1 is 1.26 bits per heavy atom. The van der Waals surface area contributed by atoms with Crippen molar-refractivity contribution in [2.75, 3.05) is 0 Å². The molecule has 0 unspecified atom stereocenters. The summed E-state index contributed by atoms with van der Waals surface area (Å²) in [7, 11) is 0. The molecule has 0 aliphatic carbocycles. The van der Waals surface area contributed by atoms with Crippen LogP contribution in [0.2, 0.25) is 10.0 Å². The number of aromatic nitrogens is 5. The number of halogens is 2. The van der Waals surface area contributed by atoms with Gasteiger partial charge in [0.25, 0.3) is 0 Å². The molecule has 3 rings (SSSR count). The van der Waals surface area contributed by atoms with Crippen molar-refractivity contribution in [1.29, 1.82) is 0 Å². The lowest BCUT2D eigenvalue weighted by Crippen LogP contribution is -2.13. The highest BCUT2D eigenvalue weighted by Crippen LogP contribution is 2.32. The molecule has 142 valence electrons. The molecule has 2 aromatic heterocycles. The predicted molar refractivity (Wildman–Crippen MR) is 108 cm³/mol. The van der Waals surface area contributed by atoms with Crippen LogP contribution in [0.1, 0.15) is 32.5 Å². The first-order valence-corrected chi connectivity index (χ1v) is 9.99. The third kappa shape index (κ3) is 4.54. The summed E-state index contributed by atoms with van der Waals surface area (Å²) >= 11 is 13.8. The smallest absolute Gasteiger partial charge is 0.237 e. The second kappa shape index (κ2) is 8.04. The summed E-state index contributed by atoms with van der Waals surface area (Å²) < 4.78 is 7.28. The maximum atomic E-state index is 6.33. The van der Waals surface area contributed by atoms with Gasteiger partial charge in [0.1, 0.15) is 0 Å². The molecule has 0 bridgehead atoms. The monoisotopic (exact) mass is 423 g/mol. The number of rotatable bonds is 6. The highest BCUT2D eigenvalue weighted by molar-refractivity contribution is 7.98. The zero-order valence-corrected chi connectivity index (χ0v) is 17.6. The van der Waals surface area contributed by atoms with Crippen molar-refractivity contribution in [3.63, 3.8) is 0 Å². The van der Waals surface area contributed by atoms with Gasteiger partial charge in [-0.25, -0.2) is 0 Å². The lowest BCUT2D eigenvalue weighted by Gasteiger charge is -2.10. The maximum Gasteiger partial charge on any atom is 0.237 e. The van der Waals surface area contributed by atoms with Crippen molar-refractivity contribution in [3.05, 3.63) is 52.6 Å². The van der Waals surface area contributed by atoms with Gasteiger partial charge in [-0.15, -0.1) is 16.8 Å². The minimum Gasteiger partial charge on any atom is -0.338 e. The molecule has 0 amide bonds. The second-order valence-corrected chi connectivity index (χ2v) is 8.67. The molecule has 0 spiro atoms. The van der Waals surface area contributed by atoms with Gasteiger partial charge < -0.3 is 4.52 Å². The number of hydrogen-bond acceptors (Lipinski definition) is 6. The van der Waals surface area contributed by atoms with E-state index in [0.717, 1.165) is 5.56 Å². The van der Waals surface area contributed by atoms with E-state index in [1.807, 2.05) is 31.4 Å². The van der Waals surface area contributed by atoms with E-state index in [4.69, 9.17) is 27.7 Å². The van der Waals surface area contributed by atoms with Gasteiger partial charge in [-0.3, -0.25) is 4.57 Å². The van der Waals surface area contributed by atoms with E-state index in [1.165, 1.54) is 11.8 Å². The van der Waals surface area contributed by atoms with Crippen molar-refractivity contribution in [1.82, 2.24) is 24.9 Å². The molecule has 6 nitrogen and oxygen atoms in total. The standard InChI is InChI=1S/C18H19Cl2N5OS/c1-5-8-25-15(12-7-6-11(19)9-13(12)20)22-23-17(25)27-10-14-21-16(24-26-14)18(2,3)4/h5-7,9H,1,8,10H2,2-4H3. The number of allylic oxidation sites excluding steroid dienone is 1. The van der Waals surface area contributed by atoms with E-state index < -0.39 is 0 Å². The van der Waals surface area contributed by atoms with E-state index in [1.54, 1.807) is 18.2 Å². The van der Waals surface area contributed by atoms with Crippen LogP contribution in [0.5, 0.6) is 0 Å². The van der Waals surface area contributed by atoms with Crippen molar-refractivity contribution < 1.29 is 4.52 Å². The first-order valence-electron chi connectivity index (χ1n) is 8.25. The molecule has 0 saturated carbocycles. The SMILES string of the molecule is C=CCn1c(SCc2nc(C(C)(C)C)no2)nnc1-c1ccc(Cl)cc1Cl. The van der Waals surface area contributed by atoms with Crippen LogP contribution >= 0.6 is 35.0 Å². The van der Waals surface area contributed by atoms with E-state index >= 15 is 0 Å². The summed E-state index contributed by atoms with van der Waals surface area (Å²) in [6, 6.07) is 5.29. The van der Waals surface area contributed by atoms with Crippen LogP contribution in [0.25, 0.3) is 11.4 Å². The molecule has 9 heteroatoms. The minimum absolute atomic E-state index is 0.159. The molecule has 2 heterocycles. The van der Waals surface area contributed by atoms with Crippen molar-refractivity contribution in [2.24, 2.45) is 0 Å². The zero-order chi connectivity index (χ0) is 19.6. The Hall–Kier alpha value is -1.83. The fourth-order valence-electron chi connectivity index (χ4n) is 2.30. The summed E-state index contributed by atoms with van der Waals surface area (Å²) in [4.78, 5) is 4.45. The molecule has 0 aliphatic heterocycles. The van der Waals surface area contributed by atoms with Crippen LogP contribution in [0.4, 0.5) is 0 Å².